The Balaban J connectivity index is 2.30. The van der Waals surface area contributed by atoms with Gasteiger partial charge >= 0.3 is 6.03 Å². The Morgan fingerprint density at radius 2 is 1.35 bits per heavy atom. The van der Waals surface area contributed by atoms with Crippen LogP contribution in [0.15, 0.2) is 35.7 Å². The van der Waals surface area contributed by atoms with Crippen LogP contribution >= 0.6 is 0 Å². The molecule has 0 amide bonds. The zero-order valence-electron chi connectivity index (χ0n) is 9.58. The van der Waals surface area contributed by atoms with E-state index in [1.165, 1.54) is 25.0 Å². The van der Waals surface area contributed by atoms with Crippen molar-refractivity contribution in [3.63, 3.8) is 0 Å². The summed E-state index contributed by atoms with van der Waals surface area (Å²) in [4.78, 5) is 8.02. The van der Waals surface area contributed by atoms with E-state index in [-0.39, 0.29) is 0 Å². The highest BCUT2D eigenvalue weighted by atomic mass is 16.7. The molecule has 94 valence electrons. The van der Waals surface area contributed by atoms with Gasteiger partial charge in [0.15, 0.2) is 0 Å². The second-order valence-electron chi connectivity index (χ2n) is 2.88. The highest BCUT2D eigenvalue weighted by molar-refractivity contribution is 6.17. The van der Waals surface area contributed by atoms with Crippen LogP contribution in [0.4, 0.5) is 0 Å². The Bertz CT molecular complexity index is 272. The maximum atomic E-state index is 5.40. The summed E-state index contributed by atoms with van der Waals surface area (Å²) in [6.45, 7) is 8.16. The Morgan fingerprint density at radius 1 is 0.882 bits per heavy atom. The van der Waals surface area contributed by atoms with Crippen LogP contribution < -0.4 is 0 Å². The van der Waals surface area contributed by atoms with E-state index in [1.54, 1.807) is 0 Å². The van der Waals surface area contributed by atoms with Crippen LogP contribution in [0, 0.1) is 0 Å². The Kier molecular flexibility index (Phi) is 5.98. The van der Waals surface area contributed by atoms with Crippen LogP contribution in [0.2, 0.25) is 0 Å². The molecular weight excluding hydrogens is 224 g/mol. The van der Waals surface area contributed by atoms with Gasteiger partial charge in [0.05, 0.1) is 25.7 Å². The van der Waals surface area contributed by atoms with E-state index < -0.39 is 6.03 Å². The zero-order valence-corrected chi connectivity index (χ0v) is 9.58. The third-order valence-electron chi connectivity index (χ3n) is 1.76. The first kappa shape index (κ1) is 13.4. The molecule has 0 atom stereocenters. The number of rotatable bonds is 10. The Labute approximate surface area is 100 Å². The highest BCUT2D eigenvalue weighted by Gasteiger charge is 2.32. The predicted octanol–water partition coefficient (Wildman–Crippen LogP) is 1.11. The quantitative estimate of drug-likeness (QED) is 0.326. The van der Waals surface area contributed by atoms with Crippen molar-refractivity contribution < 1.29 is 18.9 Å². The Hall–Kier alpha value is -1.66. The molecule has 0 aromatic carbocycles. The lowest BCUT2D eigenvalue weighted by Crippen LogP contribution is -2.32. The normalized spacial score (nSPS) is 15.8. The topological polar surface area (TPSA) is 61.6 Å². The lowest BCUT2D eigenvalue weighted by atomic mass is 10.7. The molecule has 0 saturated heterocycles. The predicted molar refractivity (Wildman–Crippen MR) is 63.9 cm³/mol. The van der Waals surface area contributed by atoms with Gasteiger partial charge < -0.3 is 18.9 Å². The van der Waals surface area contributed by atoms with Crippen LogP contribution in [-0.4, -0.2) is 44.9 Å². The molecule has 1 aliphatic rings. The molecule has 1 heterocycles. The summed E-state index contributed by atoms with van der Waals surface area (Å²) in [5.41, 5.74) is 0. The monoisotopic (exact) mass is 240 g/mol. The lowest BCUT2D eigenvalue weighted by molar-refractivity contribution is -0.230. The van der Waals surface area contributed by atoms with Crippen molar-refractivity contribution in [3.8, 4) is 0 Å². The third kappa shape index (κ3) is 4.80. The molecule has 0 aromatic rings. The van der Waals surface area contributed by atoms with Gasteiger partial charge in [0, 0.05) is 12.4 Å². The average Bonchev–Trinajstić information content (AvgIpc) is 2.80. The van der Waals surface area contributed by atoms with E-state index in [2.05, 4.69) is 23.1 Å². The van der Waals surface area contributed by atoms with Crippen LogP contribution in [0.3, 0.4) is 0 Å². The zero-order chi connectivity index (χ0) is 12.4. The summed E-state index contributed by atoms with van der Waals surface area (Å²) in [5.74, 6) is 0. The molecular formula is C11H16N2O4. The van der Waals surface area contributed by atoms with Gasteiger partial charge in [-0.15, -0.1) is 0 Å². The van der Waals surface area contributed by atoms with Gasteiger partial charge in [-0.3, -0.25) is 0 Å². The molecule has 0 saturated carbocycles. The van der Waals surface area contributed by atoms with Gasteiger partial charge in [0.25, 0.3) is 0 Å². The van der Waals surface area contributed by atoms with Crippen molar-refractivity contribution in [1.29, 1.82) is 0 Å². The minimum atomic E-state index is -1.30. The van der Waals surface area contributed by atoms with E-state index in [4.69, 9.17) is 18.9 Å². The van der Waals surface area contributed by atoms with Gasteiger partial charge in [0.1, 0.15) is 13.2 Å². The molecule has 6 heteroatoms. The number of hydrogen-bond acceptors (Lipinski definition) is 6. The van der Waals surface area contributed by atoms with Crippen LogP contribution in [0.25, 0.3) is 0 Å². The highest BCUT2D eigenvalue weighted by Crippen LogP contribution is 2.19. The molecule has 0 fully saturated rings. The third-order valence-corrected chi connectivity index (χ3v) is 1.76. The maximum Gasteiger partial charge on any atom is 0.379 e. The molecule has 0 bridgehead atoms. The van der Waals surface area contributed by atoms with Crippen molar-refractivity contribution in [2.75, 3.05) is 26.4 Å². The Morgan fingerprint density at radius 3 is 1.76 bits per heavy atom. The van der Waals surface area contributed by atoms with Crippen LogP contribution in [0.1, 0.15) is 0 Å². The van der Waals surface area contributed by atoms with Crippen molar-refractivity contribution in [3.05, 3.63) is 25.7 Å². The molecule has 0 radical (unpaired) electrons. The molecule has 0 unspecified atom stereocenters. The summed E-state index contributed by atoms with van der Waals surface area (Å²) < 4.78 is 20.6. The molecule has 0 spiro atoms. The fraction of sp³-hybridized carbons (Fsp3) is 0.455. The van der Waals surface area contributed by atoms with E-state index in [9.17, 15) is 0 Å². The fourth-order valence-corrected chi connectivity index (χ4v) is 1.09. The van der Waals surface area contributed by atoms with Crippen molar-refractivity contribution in [1.82, 2.24) is 0 Å². The molecule has 0 aromatic heterocycles. The van der Waals surface area contributed by atoms with E-state index in [0.29, 0.717) is 26.4 Å². The van der Waals surface area contributed by atoms with E-state index in [1.807, 2.05) is 0 Å². The SMILES string of the molecule is C=COCCOC1(OCCOC=C)N=CC=N1. The average molecular weight is 240 g/mol. The second-order valence-corrected chi connectivity index (χ2v) is 2.88. The molecule has 0 N–H and O–H groups in total. The first-order valence-electron chi connectivity index (χ1n) is 5.15. The molecule has 1 rings (SSSR count). The van der Waals surface area contributed by atoms with Gasteiger partial charge in [-0.2, -0.15) is 0 Å². The number of ether oxygens (including phenoxy) is 4. The number of aliphatic imine (C=N–C) groups is 2. The van der Waals surface area contributed by atoms with Crippen molar-refractivity contribution >= 4 is 12.4 Å². The van der Waals surface area contributed by atoms with Crippen LogP contribution in [-0.2, 0) is 18.9 Å². The van der Waals surface area contributed by atoms with Crippen molar-refractivity contribution in [2.24, 2.45) is 9.98 Å². The van der Waals surface area contributed by atoms with Crippen LogP contribution in [0.5, 0.6) is 0 Å². The van der Waals surface area contributed by atoms with Gasteiger partial charge in [-0.1, -0.05) is 13.2 Å². The van der Waals surface area contributed by atoms with Crippen molar-refractivity contribution in [2.45, 2.75) is 6.03 Å². The van der Waals surface area contributed by atoms with Gasteiger partial charge in [-0.05, 0) is 0 Å². The minimum Gasteiger partial charge on any atom is -0.499 e. The summed E-state index contributed by atoms with van der Waals surface area (Å²) >= 11 is 0. The molecule has 6 nitrogen and oxygen atoms in total. The van der Waals surface area contributed by atoms with Gasteiger partial charge in [-0.25, -0.2) is 9.98 Å². The summed E-state index contributed by atoms with van der Waals surface area (Å²) in [6, 6.07) is -1.30. The largest absolute Gasteiger partial charge is 0.499 e. The lowest BCUT2D eigenvalue weighted by Gasteiger charge is -2.22. The summed E-state index contributed by atoms with van der Waals surface area (Å²) in [6.07, 6.45) is 5.72. The number of hydrogen-bond donors (Lipinski definition) is 0. The van der Waals surface area contributed by atoms with E-state index >= 15 is 0 Å². The molecule has 17 heavy (non-hydrogen) atoms. The standard InChI is InChI=1S/C11H16N2O4/c1-3-14-7-9-16-11(12-5-6-13-11)17-10-8-15-4-2/h3-6H,1-2,7-10H2. The first-order valence-corrected chi connectivity index (χ1v) is 5.15. The molecule has 1 aliphatic heterocycles. The minimum absolute atomic E-state index is 0.295. The number of nitrogens with zero attached hydrogens (tertiary/aromatic N) is 2. The molecule has 0 aliphatic carbocycles. The summed E-state index contributed by atoms with van der Waals surface area (Å²) in [7, 11) is 0. The van der Waals surface area contributed by atoms with Gasteiger partial charge in [0.2, 0.25) is 0 Å². The summed E-state index contributed by atoms with van der Waals surface area (Å²) in [5, 5.41) is 0. The maximum absolute atomic E-state index is 5.40. The fourth-order valence-electron chi connectivity index (χ4n) is 1.09. The second kappa shape index (κ2) is 7.59. The smallest absolute Gasteiger partial charge is 0.379 e. The first-order chi connectivity index (χ1) is 8.33. The van der Waals surface area contributed by atoms with E-state index in [0.717, 1.165) is 0 Å².